The summed E-state index contributed by atoms with van der Waals surface area (Å²) in [4.78, 5) is 26.5. The van der Waals surface area contributed by atoms with E-state index in [0.717, 1.165) is 16.5 Å². The minimum atomic E-state index is -0.516. The number of aromatic amines is 1. The first-order valence-corrected chi connectivity index (χ1v) is 7.71. The topological polar surface area (TPSA) is 59.2 Å². The lowest BCUT2D eigenvalue weighted by molar-refractivity contribution is -0.138. The van der Waals surface area contributed by atoms with Crippen LogP contribution in [0.3, 0.4) is 0 Å². The second-order valence-corrected chi connectivity index (χ2v) is 5.64. The predicted octanol–water partition coefficient (Wildman–Crippen LogP) is 3.94. The Morgan fingerprint density at radius 2 is 1.88 bits per heavy atom. The van der Waals surface area contributed by atoms with Crippen molar-refractivity contribution in [3.63, 3.8) is 0 Å². The number of aromatic nitrogens is 1. The number of nitrogens with one attached hydrogen (secondary N) is 1. The highest BCUT2D eigenvalue weighted by molar-refractivity contribution is 6.30. The van der Waals surface area contributed by atoms with Crippen molar-refractivity contribution in [3.05, 3.63) is 87.2 Å². The molecule has 2 aromatic carbocycles. The minimum Gasteiger partial charge on any atom is -0.457 e. The molecule has 1 heterocycles. The van der Waals surface area contributed by atoms with Gasteiger partial charge in [-0.2, -0.15) is 0 Å². The Morgan fingerprint density at radius 3 is 2.67 bits per heavy atom. The van der Waals surface area contributed by atoms with Crippen LogP contribution in [-0.4, -0.2) is 11.0 Å². The van der Waals surface area contributed by atoms with Crippen LogP contribution in [0.2, 0.25) is 5.02 Å². The number of rotatable bonds is 4. The second-order valence-electron chi connectivity index (χ2n) is 5.20. The van der Waals surface area contributed by atoms with Gasteiger partial charge in [-0.1, -0.05) is 41.9 Å². The quantitative estimate of drug-likeness (QED) is 0.578. The largest absolute Gasteiger partial charge is 0.457 e. The van der Waals surface area contributed by atoms with E-state index in [2.05, 4.69) is 4.98 Å². The van der Waals surface area contributed by atoms with Crippen molar-refractivity contribution in [1.82, 2.24) is 4.98 Å². The Morgan fingerprint density at radius 1 is 1.12 bits per heavy atom. The normalized spacial score (nSPS) is 11.0. The van der Waals surface area contributed by atoms with Gasteiger partial charge in [-0.3, -0.25) is 4.79 Å². The fourth-order valence-electron chi connectivity index (χ4n) is 2.23. The summed E-state index contributed by atoms with van der Waals surface area (Å²) in [5, 5.41) is 1.52. The standard InChI is InChI=1S/C19H14ClNO3/c20-16-8-5-13(6-9-16)7-10-18(22)24-12-15-11-14-3-1-2-4-17(14)21-19(15)23/h1-11H,12H2,(H,21,23). The third-order valence-corrected chi connectivity index (χ3v) is 3.73. The van der Waals surface area contributed by atoms with E-state index in [-0.39, 0.29) is 12.2 Å². The smallest absolute Gasteiger partial charge is 0.331 e. The molecule has 0 unspecified atom stereocenters. The lowest BCUT2D eigenvalue weighted by Crippen LogP contribution is -2.14. The van der Waals surface area contributed by atoms with E-state index in [0.29, 0.717) is 10.6 Å². The molecular weight excluding hydrogens is 326 g/mol. The summed E-state index contributed by atoms with van der Waals surface area (Å²) >= 11 is 5.80. The van der Waals surface area contributed by atoms with E-state index in [9.17, 15) is 9.59 Å². The summed E-state index contributed by atoms with van der Waals surface area (Å²) in [6.45, 7) is -0.0794. The zero-order valence-corrected chi connectivity index (χ0v) is 13.4. The number of H-pyrrole nitrogens is 1. The van der Waals surface area contributed by atoms with E-state index >= 15 is 0 Å². The number of pyridine rings is 1. The molecule has 1 aromatic heterocycles. The Labute approximate surface area is 143 Å². The van der Waals surface area contributed by atoms with Crippen LogP contribution in [0, 0.1) is 0 Å². The fourth-order valence-corrected chi connectivity index (χ4v) is 2.36. The molecule has 0 fully saturated rings. The molecule has 0 saturated heterocycles. The number of hydrogen-bond donors (Lipinski definition) is 1. The average molecular weight is 340 g/mol. The molecule has 5 heteroatoms. The average Bonchev–Trinajstić information content (AvgIpc) is 2.59. The van der Waals surface area contributed by atoms with Crippen LogP contribution in [0.4, 0.5) is 0 Å². The maximum absolute atomic E-state index is 12.0. The Kier molecular flexibility index (Phi) is 4.77. The van der Waals surface area contributed by atoms with Gasteiger partial charge in [0.05, 0.1) is 5.56 Å². The van der Waals surface area contributed by atoms with Crippen molar-refractivity contribution in [1.29, 1.82) is 0 Å². The van der Waals surface area contributed by atoms with E-state index in [4.69, 9.17) is 16.3 Å². The monoisotopic (exact) mass is 339 g/mol. The summed E-state index contributed by atoms with van der Waals surface area (Å²) in [7, 11) is 0. The molecule has 0 bridgehead atoms. The molecule has 3 aromatic rings. The van der Waals surface area contributed by atoms with Gasteiger partial charge in [0.1, 0.15) is 6.61 Å². The van der Waals surface area contributed by atoms with Crippen LogP contribution in [0.5, 0.6) is 0 Å². The highest BCUT2D eigenvalue weighted by atomic mass is 35.5. The number of esters is 1. The third kappa shape index (κ3) is 3.91. The number of benzene rings is 2. The third-order valence-electron chi connectivity index (χ3n) is 3.48. The summed E-state index contributed by atoms with van der Waals surface area (Å²) in [5.41, 5.74) is 1.73. The van der Waals surface area contributed by atoms with Crippen LogP contribution in [0.15, 0.2) is 65.5 Å². The molecule has 0 aliphatic carbocycles. The Hall–Kier alpha value is -2.85. The molecule has 4 nitrogen and oxygen atoms in total. The number of fused-ring (bicyclic) bond motifs is 1. The number of ether oxygens (including phenoxy) is 1. The summed E-state index contributed by atoms with van der Waals surface area (Å²) < 4.78 is 5.13. The van der Waals surface area contributed by atoms with Gasteiger partial charge in [0.25, 0.3) is 5.56 Å². The van der Waals surface area contributed by atoms with Crippen LogP contribution in [-0.2, 0) is 16.1 Å². The van der Waals surface area contributed by atoms with Gasteiger partial charge in [0, 0.05) is 16.6 Å². The summed E-state index contributed by atoms with van der Waals surface area (Å²) in [6.07, 6.45) is 2.95. The molecule has 0 aliphatic rings. The molecule has 0 aliphatic heterocycles. The summed E-state index contributed by atoms with van der Waals surface area (Å²) in [5.74, 6) is -0.516. The number of hydrogen-bond acceptors (Lipinski definition) is 3. The van der Waals surface area contributed by atoms with Crippen molar-refractivity contribution in [2.24, 2.45) is 0 Å². The minimum absolute atomic E-state index is 0.0794. The predicted molar refractivity (Wildman–Crippen MR) is 94.9 cm³/mol. The van der Waals surface area contributed by atoms with Crippen molar-refractivity contribution in [2.45, 2.75) is 6.61 Å². The Bertz CT molecular complexity index is 958. The van der Waals surface area contributed by atoms with Crippen LogP contribution in [0.1, 0.15) is 11.1 Å². The van der Waals surface area contributed by atoms with Crippen molar-refractivity contribution in [2.75, 3.05) is 0 Å². The zero-order chi connectivity index (χ0) is 16.9. The van der Waals surface area contributed by atoms with Gasteiger partial charge in [-0.05, 0) is 41.3 Å². The second kappa shape index (κ2) is 7.15. The SMILES string of the molecule is O=C(C=Cc1ccc(Cl)cc1)OCc1cc2ccccc2[nH]c1=O. The van der Waals surface area contributed by atoms with Crippen molar-refractivity contribution >= 4 is 34.5 Å². The van der Waals surface area contributed by atoms with Gasteiger partial charge in [-0.25, -0.2) is 4.79 Å². The van der Waals surface area contributed by atoms with Crippen molar-refractivity contribution in [3.8, 4) is 0 Å². The van der Waals surface area contributed by atoms with E-state index in [1.165, 1.54) is 6.08 Å². The summed E-state index contributed by atoms with van der Waals surface area (Å²) in [6, 6.07) is 16.2. The van der Waals surface area contributed by atoms with Crippen molar-refractivity contribution < 1.29 is 9.53 Å². The van der Waals surface area contributed by atoms with E-state index in [1.807, 2.05) is 24.3 Å². The molecule has 0 spiro atoms. The molecular formula is C19H14ClNO3. The molecule has 0 atom stereocenters. The zero-order valence-electron chi connectivity index (χ0n) is 12.7. The van der Waals surface area contributed by atoms with E-state index in [1.54, 1.807) is 36.4 Å². The van der Waals surface area contributed by atoms with Gasteiger partial charge < -0.3 is 9.72 Å². The number of carbonyl (C=O) groups is 1. The Balaban J connectivity index is 1.67. The number of halogens is 1. The highest BCUT2D eigenvalue weighted by Gasteiger charge is 2.05. The molecule has 3 rings (SSSR count). The molecule has 24 heavy (non-hydrogen) atoms. The van der Waals surface area contributed by atoms with Crippen LogP contribution < -0.4 is 5.56 Å². The maximum Gasteiger partial charge on any atom is 0.331 e. The van der Waals surface area contributed by atoms with Gasteiger partial charge in [0.15, 0.2) is 0 Å². The maximum atomic E-state index is 12.0. The van der Waals surface area contributed by atoms with Gasteiger partial charge in [-0.15, -0.1) is 0 Å². The lowest BCUT2D eigenvalue weighted by Gasteiger charge is -2.04. The first-order valence-electron chi connectivity index (χ1n) is 7.33. The number of para-hydroxylation sites is 1. The van der Waals surface area contributed by atoms with Gasteiger partial charge >= 0.3 is 5.97 Å². The fraction of sp³-hybridized carbons (Fsp3) is 0.0526. The number of carbonyl (C=O) groups excluding carboxylic acids is 1. The first kappa shape index (κ1) is 16.0. The lowest BCUT2D eigenvalue weighted by atomic mass is 10.1. The van der Waals surface area contributed by atoms with Gasteiger partial charge in [0.2, 0.25) is 0 Å². The molecule has 0 amide bonds. The van der Waals surface area contributed by atoms with Crippen LogP contribution >= 0.6 is 11.6 Å². The molecule has 0 radical (unpaired) electrons. The molecule has 0 saturated carbocycles. The van der Waals surface area contributed by atoms with Crippen LogP contribution in [0.25, 0.3) is 17.0 Å². The van der Waals surface area contributed by atoms with E-state index < -0.39 is 5.97 Å². The first-order chi connectivity index (χ1) is 11.6. The highest BCUT2D eigenvalue weighted by Crippen LogP contribution is 2.12. The molecule has 1 N–H and O–H groups in total. The molecule has 120 valence electrons.